The Bertz CT molecular complexity index is 450. The number of rotatable bonds is 3. The number of hydrogen-bond acceptors (Lipinski definition) is 4. The van der Waals surface area contributed by atoms with Crippen LogP contribution in [0.15, 0.2) is 22.9 Å². The zero-order chi connectivity index (χ0) is 13.0. The van der Waals surface area contributed by atoms with Crippen LogP contribution in [0.4, 0.5) is 0 Å². The van der Waals surface area contributed by atoms with Gasteiger partial charge in [0.25, 0.3) is 0 Å². The number of piperidine rings is 1. The van der Waals surface area contributed by atoms with Gasteiger partial charge in [-0.25, -0.2) is 0 Å². The van der Waals surface area contributed by atoms with E-state index in [-0.39, 0.29) is 4.75 Å². The first kappa shape index (κ1) is 13.9. The molecule has 3 nitrogen and oxygen atoms in total. The minimum absolute atomic E-state index is 0.161. The maximum atomic E-state index is 9.25. The summed E-state index contributed by atoms with van der Waals surface area (Å²) < 4.78 is 0.860. The fourth-order valence-electron chi connectivity index (χ4n) is 2.23. The fourth-order valence-corrected chi connectivity index (χ4v) is 3.33. The summed E-state index contributed by atoms with van der Waals surface area (Å²) >= 11 is 5.14. The molecular weight excluding hydrogens is 310 g/mol. The van der Waals surface area contributed by atoms with Gasteiger partial charge in [-0.15, -0.1) is 11.8 Å². The predicted molar refractivity (Wildman–Crippen MR) is 78.3 cm³/mol. The van der Waals surface area contributed by atoms with Crippen LogP contribution in [-0.4, -0.2) is 34.0 Å². The summed E-state index contributed by atoms with van der Waals surface area (Å²) in [5.74, 6) is 0. The lowest BCUT2D eigenvalue weighted by Crippen LogP contribution is -2.41. The Morgan fingerprint density at radius 2 is 2.22 bits per heavy atom. The molecule has 1 aromatic heterocycles. The molecule has 1 aromatic rings. The predicted octanol–water partition coefficient (Wildman–Crippen LogP) is 3.07. The van der Waals surface area contributed by atoms with Crippen molar-refractivity contribution in [2.75, 3.05) is 19.3 Å². The number of halogens is 1. The quantitative estimate of drug-likeness (QED) is 0.856. The Kier molecular flexibility index (Phi) is 4.66. The van der Waals surface area contributed by atoms with E-state index in [0.29, 0.717) is 0 Å². The third-order valence-corrected chi connectivity index (χ3v) is 5.14. The summed E-state index contributed by atoms with van der Waals surface area (Å²) in [6, 6.07) is 4.58. The normalized spacial score (nSPS) is 19.4. The lowest BCUT2D eigenvalue weighted by atomic mass is 9.97. The van der Waals surface area contributed by atoms with Crippen molar-refractivity contribution in [3.05, 3.63) is 28.5 Å². The number of pyridine rings is 1. The number of nitriles is 1. The van der Waals surface area contributed by atoms with Gasteiger partial charge in [0.2, 0.25) is 0 Å². The van der Waals surface area contributed by atoms with Crippen LogP contribution in [0, 0.1) is 11.3 Å². The second-order valence-electron chi connectivity index (χ2n) is 4.60. The summed E-state index contributed by atoms with van der Waals surface area (Å²) in [6.07, 6.45) is 7.65. The van der Waals surface area contributed by atoms with Crippen LogP contribution in [0.5, 0.6) is 0 Å². The van der Waals surface area contributed by atoms with E-state index in [1.165, 1.54) is 5.56 Å². The van der Waals surface area contributed by atoms with Gasteiger partial charge < -0.3 is 0 Å². The van der Waals surface area contributed by atoms with E-state index >= 15 is 0 Å². The number of likely N-dealkylation sites (tertiary alicyclic amines) is 1. The fraction of sp³-hybridized carbons (Fsp3) is 0.538. The van der Waals surface area contributed by atoms with Crippen molar-refractivity contribution >= 4 is 27.7 Å². The maximum Gasteiger partial charge on any atom is 0.104 e. The molecule has 1 fully saturated rings. The molecule has 1 aliphatic rings. The number of hydrogen-bond donors (Lipinski definition) is 0. The van der Waals surface area contributed by atoms with E-state index in [1.54, 1.807) is 18.0 Å². The van der Waals surface area contributed by atoms with Gasteiger partial charge in [-0.05, 0) is 46.7 Å². The van der Waals surface area contributed by atoms with Crippen molar-refractivity contribution < 1.29 is 0 Å². The van der Waals surface area contributed by atoms with Gasteiger partial charge in [0, 0.05) is 36.5 Å². The zero-order valence-corrected chi connectivity index (χ0v) is 12.8. The summed E-state index contributed by atoms with van der Waals surface area (Å²) in [6.45, 7) is 2.89. The SMILES string of the molecule is CSC1(C#N)CCN(Cc2cncc(Br)c2)CC1. The first-order chi connectivity index (χ1) is 8.67. The zero-order valence-electron chi connectivity index (χ0n) is 10.4. The third kappa shape index (κ3) is 3.25. The summed E-state index contributed by atoms with van der Waals surface area (Å²) in [7, 11) is 0. The van der Waals surface area contributed by atoms with Crippen LogP contribution < -0.4 is 0 Å². The lowest BCUT2D eigenvalue weighted by molar-refractivity contribution is 0.209. The van der Waals surface area contributed by atoms with Gasteiger partial charge in [-0.3, -0.25) is 9.88 Å². The Balaban J connectivity index is 1.93. The molecule has 0 radical (unpaired) electrons. The topological polar surface area (TPSA) is 39.9 Å². The van der Waals surface area contributed by atoms with Gasteiger partial charge in [-0.2, -0.15) is 5.26 Å². The van der Waals surface area contributed by atoms with Crippen molar-refractivity contribution in [2.24, 2.45) is 0 Å². The molecule has 0 amide bonds. The second kappa shape index (κ2) is 6.05. The van der Waals surface area contributed by atoms with E-state index in [2.05, 4.69) is 37.9 Å². The van der Waals surface area contributed by atoms with Crippen molar-refractivity contribution in [3.8, 4) is 6.07 Å². The van der Waals surface area contributed by atoms with Crippen LogP contribution in [0.25, 0.3) is 0 Å². The van der Waals surface area contributed by atoms with Gasteiger partial charge in [-0.1, -0.05) is 0 Å². The molecule has 2 heterocycles. The Hall–Kier alpha value is -0.570. The minimum Gasteiger partial charge on any atom is -0.299 e. The first-order valence-electron chi connectivity index (χ1n) is 5.96. The van der Waals surface area contributed by atoms with E-state index < -0.39 is 0 Å². The number of aromatic nitrogens is 1. The molecule has 5 heteroatoms. The highest BCUT2D eigenvalue weighted by Crippen LogP contribution is 2.34. The largest absolute Gasteiger partial charge is 0.299 e. The summed E-state index contributed by atoms with van der Waals surface area (Å²) in [4.78, 5) is 6.58. The average molecular weight is 326 g/mol. The lowest BCUT2D eigenvalue weighted by Gasteiger charge is -2.36. The molecule has 2 rings (SSSR count). The molecule has 1 aliphatic heterocycles. The van der Waals surface area contributed by atoms with Gasteiger partial charge >= 0.3 is 0 Å². The molecular formula is C13H16BrN3S. The van der Waals surface area contributed by atoms with Crippen molar-refractivity contribution in [1.29, 1.82) is 5.26 Å². The molecule has 0 atom stereocenters. The molecule has 96 valence electrons. The van der Waals surface area contributed by atoms with Crippen molar-refractivity contribution in [1.82, 2.24) is 9.88 Å². The van der Waals surface area contributed by atoms with Gasteiger partial charge in [0.15, 0.2) is 0 Å². The number of thioether (sulfide) groups is 1. The Morgan fingerprint density at radius 3 is 2.78 bits per heavy atom. The van der Waals surface area contributed by atoms with Crippen molar-refractivity contribution in [2.45, 2.75) is 24.1 Å². The highest BCUT2D eigenvalue weighted by molar-refractivity contribution is 9.10. The van der Waals surface area contributed by atoms with Crippen LogP contribution in [0.1, 0.15) is 18.4 Å². The molecule has 0 saturated carbocycles. The van der Waals surface area contributed by atoms with E-state index in [4.69, 9.17) is 0 Å². The Morgan fingerprint density at radius 1 is 1.50 bits per heavy atom. The first-order valence-corrected chi connectivity index (χ1v) is 7.97. The third-order valence-electron chi connectivity index (χ3n) is 3.43. The molecule has 0 spiro atoms. The highest BCUT2D eigenvalue weighted by Gasteiger charge is 2.33. The molecule has 0 bridgehead atoms. The molecule has 18 heavy (non-hydrogen) atoms. The van der Waals surface area contributed by atoms with Gasteiger partial charge in [0.1, 0.15) is 4.75 Å². The van der Waals surface area contributed by atoms with Crippen LogP contribution in [-0.2, 0) is 6.54 Å². The Labute approximate surface area is 121 Å². The molecule has 0 N–H and O–H groups in total. The maximum absolute atomic E-state index is 9.25. The molecule has 0 aliphatic carbocycles. The highest BCUT2D eigenvalue weighted by atomic mass is 79.9. The van der Waals surface area contributed by atoms with Crippen LogP contribution in [0.2, 0.25) is 0 Å². The van der Waals surface area contributed by atoms with Crippen molar-refractivity contribution in [3.63, 3.8) is 0 Å². The molecule has 0 aromatic carbocycles. The minimum atomic E-state index is -0.161. The van der Waals surface area contributed by atoms with Crippen LogP contribution in [0.3, 0.4) is 0 Å². The van der Waals surface area contributed by atoms with E-state index in [1.807, 2.05) is 12.5 Å². The average Bonchev–Trinajstić information content (AvgIpc) is 2.40. The second-order valence-corrected chi connectivity index (χ2v) is 6.70. The van der Waals surface area contributed by atoms with E-state index in [9.17, 15) is 5.26 Å². The summed E-state index contributed by atoms with van der Waals surface area (Å²) in [5.41, 5.74) is 1.22. The molecule has 1 saturated heterocycles. The summed E-state index contributed by atoms with van der Waals surface area (Å²) in [5, 5.41) is 9.25. The van der Waals surface area contributed by atoms with Gasteiger partial charge in [0.05, 0.1) is 6.07 Å². The van der Waals surface area contributed by atoms with Crippen LogP contribution >= 0.6 is 27.7 Å². The number of nitrogens with zero attached hydrogens (tertiary/aromatic N) is 3. The monoisotopic (exact) mass is 325 g/mol. The standard InChI is InChI=1S/C13H16BrN3S/c1-18-13(10-15)2-4-17(5-3-13)9-11-6-12(14)8-16-7-11/h6-8H,2-5,9H2,1H3. The smallest absolute Gasteiger partial charge is 0.104 e. The molecule has 0 unspecified atom stereocenters. The van der Waals surface area contributed by atoms with E-state index in [0.717, 1.165) is 36.9 Å².